The van der Waals surface area contributed by atoms with Crippen LogP contribution in [0.25, 0.3) is 0 Å². The molecule has 1 unspecified atom stereocenters. The number of carbonyl (C=O) groups excluding carboxylic acids is 2. The van der Waals surface area contributed by atoms with Crippen LogP contribution in [-0.2, 0) is 25.6 Å². The molecule has 0 bridgehead atoms. The van der Waals surface area contributed by atoms with Gasteiger partial charge >= 0.3 is 5.97 Å². The van der Waals surface area contributed by atoms with E-state index in [1.165, 1.54) is 29.9 Å². The first kappa shape index (κ1) is 14.8. The molecule has 8 nitrogen and oxygen atoms in total. The third-order valence-electron chi connectivity index (χ3n) is 3.06. The number of hydrogen-bond donors (Lipinski definition) is 0. The lowest BCUT2D eigenvalue weighted by Gasteiger charge is -2.17. The van der Waals surface area contributed by atoms with Crippen molar-refractivity contribution >= 4 is 37.4 Å². The maximum atomic E-state index is 12.0. The van der Waals surface area contributed by atoms with Crippen molar-refractivity contribution < 1.29 is 22.7 Å². The van der Waals surface area contributed by atoms with Crippen LogP contribution in [0, 0.1) is 0 Å². The molecule has 1 fully saturated rings. The molecule has 110 valence electrons. The Morgan fingerprint density at radius 3 is 2.70 bits per heavy atom. The van der Waals surface area contributed by atoms with Crippen molar-refractivity contribution in [3.63, 3.8) is 0 Å². The second-order valence-electron chi connectivity index (χ2n) is 4.30. The van der Waals surface area contributed by atoms with E-state index in [0.29, 0.717) is 0 Å². The van der Waals surface area contributed by atoms with Crippen LogP contribution in [0.3, 0.4) is 0 Å². The summed E-state index contributed by atoms with van der Waals surface area (Å²) in [7, 11) is 4.18. The van der Waals surface area contributed by atoms with Crippen LogP contribution in [0.15, 0.2) is 6.20 Å². The number of aryl methyl sites for hydroxylation is 1. The molecule has 1 saturated heterocycles. The monoisotopic (exact) mass is 321 g/mol. The fourth-order valence-electron chi connectivity index (χ4n) is 2.07. The predicted octanol–water partition coefficient (Wildman–Crippen LogP) is -0.119. The summed E-state index contributed by atoms with van der Waals surface area (Å²) in [4.78, 5) is 24.8. The zero-order valence-corrected chi connectivity index (χ0v) is 12.3. The summed E-state index contributed by atoms with van der Waals surface area (Å²) >= 11 is 0. The van der Waals surface area contributed by atoms with Gasteiger partial charge in [-0.15, -0.1) is 0 Å². The Balaban J connectivity index is 2.40. The van der Waals surface area contributed by atoms with Gasteiger partial charge in [0.1, 0.15) is 16.6 Å². The molecule has 1 atom stereocenters. The average molecular weight is 322 g/mol. The van der Waals surface area contributed by atoms with Crippen LogP contribution in [0.1, 0.15) is 16.8 Å². The summed E-state index contributed by atoms with van der Waals surface area (Å²) in [6, 6.07) is 0. The minimum Gasteiger partial charge on any atom is -0.465 e. The van der Waals surface area contributed by atoms with E-state index in [1.54, 1.807) is 0 Å². The van der Waals surface area contributed by atoms with Crippen molar-refractivity contribution in [2.45, 2.75) is 11.7 Å². The van der Waals surface area contributed by atoms with E-state index >= 15 is 0 Å². The highest BCUT2D eigenvalue weighted by atomic mass is 35.7. The van der Waals surface area contributed by atoms with Crippen molar-refractivity contribution in [3.8, 4) is 0 Å². The number of hydrogen-bond acceptors (Lipinski definition) is 6. The van der Waals surface area contributed by atoms with Gasteiger partial charge in [-0.2, -0.15) is 5.10 Å². The van der Waals surface area contributed by atoms with Crippen LogP contribution in [0.2, 0.25) is 0 Å². The van der Waals surface area contributed by atoms with Crippen molar-refractivity contribution in [2.75, 3.05) is 18.6 Å². The van der Waals surface area contributed by atoms with E-state index in [1.807, 2.05) is 0 Å². The zero-order valence-electron chi connectivity index (χ0n) is 10.7. The summed E-state index contributed by atoms with van der Waals surface area (Å²) < 4.78 is 28.6. The molecule has 1 aliphatic rings. The molecule has 0 N–H and O–H groups in total. The molecule has 0 spiro atoms. The third-order valence-corrected chi connectivity index (χ3v) is 4.92. The smallest absolute Gasteiger partial charge is 0.343 e. The van der Waals surface area contributed by atoms with E-state index in [4.69, 9.17) is 10.7 Å². The SMILES string of the molecule is COC(=O)c1cnn(C)c1N1CC(S(=O)(=O)Cl)CC1=O. The Kier molecular flexibility index (Phi) is 3.74. The van der Waals surface area contributed by atoms with E-state index < -0.39 is 26.2 Å². The maximum absolute atomic E-state index is 12.0. The number of halogens is 1. The first-order chi connectivity index (χ1) is 9.25. The highest BCUT2D eigenvalue weighted by molar-refractivity contribution is 8.14. The van der Waals surface area contributed by atoms with E-state index in [2.05, 4.69) is 9.84 Å². The number of methoxy groups -OCH3 is 1. The number of aromatic nitrogens is 2. The van der Waals surface area contributed by atoms with Crippen LogP contribution < -0.4 is 4.90 Å². The lowest BCUT2D eigenvalue weighted by Crippen LogP contribution is -2.30. The van der Waals surface area contributed by atoms with Crippen molar-refractivity contribution in [2.24, 2.45) is 7.05 Å². The van der Waals surface area contributed by atoms with Gasteiger partial charge < -0.3 is 4.74 Å². The Labute approximate surface area is 119 Å². The van der Waals surface area contributed by atoms with Crippen LogP contribution in [0.4, 0.5) is 5.82 Å². The fraction of sp³-hybridized carbons (Fsp3) is 0.500. The summed E-state index contributed by atoms with van der Waals surface area (Å²) in [5, 5.41) is 2.89. The summed E-state index contributed by atoms with van der Waals surface area (Å²) in [6.07, 6.45) is 1.04. The molecule has 1 amide bonds. The van der Waals surface area contributed by atoms with Gasteiger partial charge in [-0.3, -0.25) is 14.4 Å². The van der Waals surface area contributed by atoms with E-state index in [0.717, 1.165) is 0 Å². The molecular formula is C10H12ClN3O5S. The minimum atomic E-state index is -3.85. The zero-order chi connectivity index (χ0) is 15.1. The lowest BCUT2D eigenvalue weighted by molar-refractivity contribution is -0.117. The lowest BCUT2D eigenvalue weighted by atomic mass is 10.3. The number of carbonyl (C=O) groups is 2. The quantitative estimate of drug-likeness (QED) is 0.568. The van der Waals surface area contributed by atoms with E-state index in [9.17, 15) is 18.0 Å². The van der Waals surface area contributed by atoms with Crippen molar-refractivity contribution in [1.29, 1.82) is 0 Å². The van der Waals surface area contributed by atoms with Gasteiger partial charge in [-0.05, 0) is 0 Å². The van der Waals surface area contributed by atoms with Gasteiger partial charge in [-0.1, -0.05) is 0 Å². The van der Waals surface area contributed by atoms with Crippen molar-refractivity contribution in [1.82, 2.24) is 9.78 Å². The Bertz CT molecular complexity index is 668. The normalized spacial score (nSPS) is 19.4. The van der Waals surface area contributed by atoms with Crippen molar-refractivity contribution in [3.05, 3.63) is 11.8 Å². The summed E-state index contributed by atoms with van der Waals surface area (Å²) in [5.74, 6) is -0.893. The number of nitrogens with zero attached hydrogens (tertiary/aromatic N) is 3. The predicted molar refractivity (Wildman–Crippen MR) is 70.1 cm³/mol. The standard InChI is InChI=1S/C10H12ClN3O5S/c1-13-9(7(4-12-13)10(16)19-2)14-5-6(3-8(14)15)20(11,17)18/h4,6H,3,5H2,1-2H3. The highest BCUT2D eigenvalue weighted by Crippen LogP contribution is 2.29. The summed E-state index contributed by atoms with van der Waals surface area (Å²) in [6.45, 7) is -0.117. The molecule has 0 radical (unpaired) electrons. The van der Waals surface area contributed by atoms with Crippen LogP contribution in [-0.4, -0.2) is 49.0 Å². The summed E-state index contributed by atoms with van der Waals surface area (Å²) in [5.41, 5.74) is 0.0935. The Hall–Kier alpha value is -1.61. The molecule has 0 aliphatic carbocycles. The molecule has 0 saturated carbocycles. The molecule has 20 heavy (non-hydrogen) atoms. The molecule has 2 rings (SSSR count). The largest absolute Gasteiger partial charge is 0.465 e. The molecule has 10 heteroatoms. The van der Waals surface area contributed by atoms with Gasteiger partial charge in [0.15, 0.2) is 0 Å². The number of rotatable bonds is 3. The van der Waals surface area contributed by atoms with Gasteiger partial charge in [0.25, 0.3) is 0 Å². The number of ether oxygens (including phenoxy) is 1. The average Bonchev–Trinajstić information content (AvgIpc) is 2.91. The van der Waals surface area contributed by atoms with Crippen LogP contribution >= 0.6 is 10.7 Å². The molecule has 1 aromatic rings. The van der Waals surface area contributed by atoms with E-state index in [-0.39, 0.29) is 24.3 Å². The molecule has 1 aliphatic heterocycles. The minimum absolute atomic E-state index is 0.0935. The second kappa shape index (κ2) is 5.06. The molecular weight excluding hydrogens is 310 g/mol. The Morgan fingerprint density at radius 2 is 2.20 bits per heavy atom. The number of anilines is 1. The van der Waals surface area contributed by atoms with Gasteiger partial charge in [0.2, 0.25) is 15.0 Å². The van der Waals surface area contributed by atoms with Gasteiger partial charge in [0, 0.05) is 30.7 Å². The van der Waals surface area contributed by atoms with Crippen LogP contribution in [0.5, 0.6) is 0 Å². The maximum Gasteiger partial charge on any atom is 0.343 e. The molecule has 2 heterocycles. The van der Waals surface area contributed by atoms with Gasteiger partial charge in [-0.25, -0.2) is 13.2 Å². The Morgan fingerprint density at radius 1 is 1.55 bits per heavy atom. The highest BCUT2D eigenvalue weighted by Gasteiger charge is 2.40. The molecule has 1 aromatic heterocycles. The van der Waals surface area contributed by atoms with Gasteiger partial charge in [0.05, 0.1) is 13.3 Å². The topological polar surface area (TPSA) is 98.6 Å². The number of amides is 1. The molecule has 0 aromatic carbocycles. The fourth-order valence-corrected chi connectivity index (χ4v) is 3.10. The first-order valence-electron chi connectivity index (χ1n) is 5.60. The number of esters is 1. The first-order valence-corrected chi connectivity index (χ1v) is 7.97. The second-order valence-corrected chi connectivity index (χ2v) is 7.21. The third kappa shape index (κ3) is 2.50.